The molecule has 1 N–H and O–H groups in total. The fourth-order valence-electron chi connectivity index (χ4n) is 3.15. The molecule has 0 unspecified atom stereocenters. The number of hydrazone groups is 1. The van der Waals surface area contributed by atoms with Gasteiger partial charge in [0.15, 0.2) is 6.10 Å². The molecule has 0 saturated carbocycles. The van der Waals surface area contributed by atoms with Gasteiger partial charge in [-0.05, 0) is 49.7 Å². The number of carbonyl (C=O) groups is 1. The van der Waals surface area contributed by atoms with E-state index in [2.05, 4.69) is 15.1 Å². The number of hydrogen-bond acceptors (Lipinski definition) is 3. The molecule has 144 valence electrons. The van der Waals surface area contributed by atoms with Crippen LogP contribution >= 0.6 is 11.6 Å². The molecule has 1 atom stereocenters. The number of hydrogen-bond donors (Lipinski definition) is 1. The van der Waals surface area contributed by atoms with E-state index in [1.165, 1.54) is 7.11 Å². The predicted octanol–water partition coefficient (Wildman–Crippen LogP) is 4.59. The third-order valence-corrected chi connectivity index (χ3v) is 4.76. The molecule has 0 aliphatic carbocycles. The number of aryl methyl sites for hydroxylation is 1. The summed E-state index contributed by atoms with van der Waals surface area (Å²) < 4.78 is 7.43. The summed E-state index contributed by atoms with van der Waals surface area (Å²) in [6.45, 7) is 4.03. The summed E-state index contributed by atoms with van der Waals surface area (Å²) in [6.07, 6.45) is 0.935. The number of methoxy groups -OCH3 is 1. The summed E-state index contributed by atoms with van der Waals surface area (Å²) in [5.41, 5.74) is 7.36. The number of ether oxygens (including phenoxy) is 1. The highest BCUT2D eigenvalue weighted by Gasteiger charge is 2.19. The predicted molar refractivity (Wildman–Crippen MR) is 112 cm³/mol. The van der Waals surface area contributed by atoms with Gasteiger partial charge in [0.25, 0.3) is 5.91 Å². The van der Waals surface area contributed by atoms with Crippen LogP contribution in [0.5, 0.6) is 0 Å². The molecule has 0 aliphatic rings. The van der Waals surface area contributed by atoms with Gasteiger partial charge in [-0.15, -0.1) is 0 Å². The first-order valence-corrected chi connectivity index (χ1v) is 9.24. The fourth-order valence-corrected chi connectivity index (χ4v) is 3.28. The Kier molecular flexibility index (Phi) is 6.29. The normalized spacial score (nSPS) is 12.3. The molecule has 0 bridgehead atoms. The van der Waals surface area contributed by atoms with E-state index in [1.807, 2.05) is 74.5 Å². The number of amides is 1. The second kappa shape index (κ2) is 8.87. The quantitative estimate of drug-likeness (QED) is 0.490. The van der Waals surface area contributed by atoms with Gasteiger partial charge in [-0.2, -0.15) is 5.10 Å². The number of nitrogens with zero attached hydrogens (tertiary/aromatic N) is 2. The maximum absolute atomic E-state index is 12.4. The van der Waals surface area contributed by atoms with Gasteiger partial charge in [0.2, 0.25) is 0 Å². The van der Waals surface area contributed by atoms with Crippen LogP contribution in [0.3, 0.4) is 0 Å². The van der Waals surface area contributed by atoms with Gasteiger partial charge in [-0.1, -0.05) is 41.9 Å². The number of nitrogens with one attached hydrogen (secondary N) is 1. The Morgan fingerprint density at radius 1 is 1.14 bits per heavy atom. The summed E-state index contributed by atoms with van der Waals surface area (Å²) in [4.78, 5) is 12.4. The summed E-state index contributed by atoms with van der Waals surface area (Å²) in [6, 6.07) is 19.0. The van der Waals surface area contributed by atoms with Gasteiger partial charge in [0.05, 0.1) is 6.21 Å². The number of carbonyl (C=O) groups excluding carboxylic acids is 1. The molecule has 5 nitrogen and oxygen atoms in total. The van der Waals surface area contributed by atoms with Crippen LogP contribution in [0.15, 0.2) is 65.8 Å². The minimum atomic E-state index is -0.708. The van der Waals surface area contributed by atoms with Crippen molar-refractivity contribution in [3.8, 4) is 5.69 Å². The number of aromatic nitrogens is 1. The van der Waals surface area contributed by atoms with Gasteiger partial charge < -0.3 is 9.30 Å². The second-order valence-electron chi connectivity index (χ2n) is 6.40. The molecule has 0 aliphatic heterocycles. The second-order valence-corrected chi connectivity index (χ2v) is 6.84. The average molecular weight is 396 g/mol. The standard InChI is InChI=1S/C22H22ClN3O2/c1-15-13-18(16(2)26(15)20-11-9-19(23)10-12-20)14-24-25-22(27)21(28-3)17-7-5-4-6-8-17/h4-14,21H,1-3H3,(H,25,27)/b24-14-/t21-/m1/s1. The van der Waals surface area contributed by atoms with E-state index in [0.29, 0.717) is 5.02 Å². The summed E-state index contributed by atoms with van der Waals surface area (Å²) in [5.74, 6) is -0.323. The number of benzene rings is 2. The molecule has 1 aromatic heterocycles. The first kappa shape index (κ1) is 19.9. The van der Waals surface area contributed by atoms with E-state index in [4.69, 9.17) is 16.3 Å². The lowest BCUT2D eigenvalue weighted by Gasteiger charge is -2.13. The maximum atomic E-state index is 12.4. The van der Waals surface area contributed by atoms with Crippen molar-refractivity contribution in [2.24, 2.45) is 5.10 Å². The Labute approximate surface area is 169 Å². The topological polar surface area (TPSA) is 55.6 Å². The third kappa shape index (κ3) is 4.32. The lowest BCUT2D eigenvalue weighted by atomic mass is 10.1. The van der Waals surface area contributed by atoms with E-state index in [9.17, 15) is 4.79 Å². The summed E-state index contributed by atoms with van der Waals surface area (Å²) in [5, 5.41) is 4.82. The smallest absolute Gasteiger partial charge is 0.273 e. The Bertz CT molecular complexity index is 979. The van der Waals surface area contributed by atoms with Crippen LogP contribution in [0.1, 0.15) is 28.6 Å². The zero-order chi connectivity index (χ0) is 20.1. The van der Waals surface area contributed by atoms with Crippen molar-refractivity contribution < 1.29 is 9.53 Å². The van der Waals surface area contributed by atoms with Gasteiger partial charge >= 0.3 is 0 Å². The zero-order valence-electron chi connectivity index (χ0n) is 16.0. The lowest BCUT2D eigenvalue weighted by molar-refractivity contribution is -0.131. The van der Waals surface area contributed by atoms with Crippen LogP contribution in [0, 0.1) is 13.8 Å². The molecule has 0 fully saturated rings. The summed E-state index contributed by atoms with van der Waals surface area (Å²) >= 11 is 5.98. The molecule has 1 amide bonds. The van der Waals surface area contributed by atoms with Gasteiger partial charge in [0.1, 0.15) is 0 Å². The minimum Gasteiger partial charge on any atom is -0.367 e. The van der Waals surface area contributed by atoms with Crippen LogP contribution in [0.2, 0.25) is 5.02 Å². The van der Waals surface area contributed by atoms with Crippen LogP contribution in [-0.2, 0) is 9.53 Å². The largest absolute Gasteiger partial charge is 0.367 e. The molecule has 28 heavy (non-hydrogen) atoms. The maximum Gasteiger partial charge on any atom is 0.273 e. The zero-order valence-corrected chi connectivity index (χ0v) is 16.8. The van der Waals surface area contributed by atoms with Crippen molar-refractivity contribution in [3.63, 3.8) is 0 Å². The van der Waals surface area contributed by atoms with Crippen molar-refractivity contribution in [2.45, 2.75) is 20.0 Å². The Morgan fingerprint density at radius 2 is 1.82 bits per heavy atom. The average Bonchev–Trinajstić information content (AvgIpc) is 2.97. The molecule has 6 heteroatoms. The third-order valence-electron chi connectivity index (χ3n) is 4.51. The van der Waals surface area contributed by atoms with E-state index < -0.39 is 6.10 Å². The first-order valence-electron chi connectivity index (χ1n) is 8.87. The minimum absolute atomic E-state index is 0.323. The van der Waals surface area contributed by atoms with Gasteiger partial charge in [0, 0.05) is 34.8 Å². The first-order chi connectivity index (χ1) is 13.5. The van der Waals surface area contributed by atoms with Crippen molar-refractivity contribution in [1.29, 1.82) is 0 Å². The van der Waals surface area contributed by atoms with Crippen molar-refractivity contribution in [3.05, 3.63) is 88.2 Å². The SMILES string of the molecule is CO[C@@H](C(=O)N/N=C\c1cc(C)n(-c2ccc(Cl)cc2)c1C)c1ccccc1. The van der Waals surface area contributed by atoms with Gasteiger partial charge in [-0.25, -0.2) is 5.43 Å². The molecule has 0 spiro atoms. The summed E-state index contributed by atoms with van der Waals surface area (Å²) in [7, 11) is 1.50. The van der Waals surface area contributed by atoms with Crippen LogP contribution in [0.4, 0.5) is 0 Å². The molecule has 3 aromatic rings. The molecule has 3 rings (SSSR count). The van der Waals surface area contributed by atoms with Crippen molar-refractivity contribution >= 4 is 23.7 Å². The van der Waals surface area contributed by atoms with E-state index >= 15 is 0 Å². The monoisotopic (exact) mass is 395 g/mol. The van der Waals surface area contributed by atoms with Crippen LogP contribution in [0.25, 0.3) is 5.69 Å². The number of rotatable bonds is 6. The Hall–Kier alpha value is -2.89. The van der Waals surface area contributed by atoms with E-state index in [1.54, 1.807) is 6.21 Å². The van der Waals surface area contributed by atoms with Crippen LogP contribution in [-0.4, -0.2) is 23.8 Å². The molecular weight excluding hydrogens is 374 g/mol. The van der Waals surface area contributed by atoms with Crippen LogP contribution < -0.4 is 5.43 Å². The molecular formula is C22H22ClN3O2. The highest BCUT2D eigenvalue weighted by Crippen LogP contribution is 2.21. The molecule has 0 saturated heterocycles. The van der Waals surface area contributed by atoms with Crippen molar-refractivity contribution in [1.82, 2.24) is 9.99 Å². The molecule has 2 aromatic carbocycles. The van der Waals surface area contributed by atoms with E-state index in [-0.39, 0.29) is 5.91 Å². The molecule has 1 heterocycles. The Balaban J connectivity index is 1.75. The van der Waals surface area contributed by atoms with Crippen molar-refractivity contribution in [2.75, 3.05) is 7.11 Å². The van der Waals surface area contributed by atoms with Gasteiger partial charge in [-0.3, -0.25) is 4.79 Å². The van der Waals surface area contributed by atoms with E-state index in [0.717, 1.165) is 28.2 Å². The lowest BCUT2D eigenvalue weighted by Crippen LogP contribution is -2.26. The highest BCUT2D eigenvalue weighted by atomic mass is 35.5. The fraction of sp³-hybridized carbons (Fsp3) is 0.182. The Morgan fingerprint density at radius 3 is 2.46 bits per heavy atom. The number of halogens is 1. The molecule has 0 radical (unpaired) electrons. The highest BCUT2D eigenvalue weighted by molar-refractivity contribution is 6.30.